The highest BCUT2D eigenvalue weighted by atomic mass is 16.5. The Labute approximate surface area is 190 Å². The zero-order valence-corrected chi connectivity index (χ0v) is 18.7. The Morgan fingerprint density at radius 1 is 0.969 bits per heavy atom. The number of rotatable bonds is 10. The molecule has 2 aromatic rings. The van der Waals surface area contributed by atoms with Crippen molar-refractivity contribution in [3.63, 3.8) is 0 Å². The molecule has 172 valence electrons. The Morgan fingerprint density at radius 2 is 1.81 bits per heavy atom. The van der Waals surface area contributed by atoms with Crippen LogP contribution in [0.2, 0.25) is 0 Å². The van der Waals surface area contributed by atoms with Gasteiger partial charge in [-0.2, -0.15) is 0 Å². The van der Waals surface area contributed by atoms with Crippen LogP contribution in [-0.2, 0) is 11.3 Å². The SMILES string of the molecule is O=C1CCCN1CCCOc1cccc(CN2CCC[C@](O)(COc3ccccc3)C2)c1. The molecule has 0 saturated carbocycles. The molecule has 1 N–H and O–H groups in total. The first-order valence-corrected chi connectivity index (χ1v) is 11.7. The maximum absolute atomic E-state index is 11.7. The maximum atomic E-state index is 11.7. The van der Waals surface area contributed by atoms with Crippen molar-refractivity contribution in [2.75, 3.05) is 39.4 Å². The molecule has 2 aliphatic heterocycles. The molecule has 4 rings (SSSR count). The monoisotopic (exact) mass is 438 g/mol. The highest BCUT2D eigenvalue weighted by molar-refractivity contribution is 5.77. The minimum Gasteiger partial charge on any atom is -0.494 e. The summed E-state index contributed by atoms with van der Waals surface area (Å²) in [7, 11) is 0. The zero-order chi connectivity index (χ0) is 22.2. The molecule has 0 bridgehead atoms. The van der Waals surface area contributed by atoms with E-state index in [1.165, 1.54) is 5.56 Å². The number of carbonyl (C=O) groups is 1. The highest BCUT2D eigenvalue weighted by Gasteiger charge is 2.34. The fourth-order valence-electron chi connectivity index (χ4n) is 4.57. The molecular formula is C26H34N2O4. The number of amides is 1. The van der Waals surface area contributed by atoms with Crippen molar-refractivity contribution in [3.8, 4) is 11.5 Å². The van der Waals surface area contributed by atoms with Gasteiger partial charge in [-0.3, -0.25) is 9.69 Å². The smallest absolute Gasteiger partial charge is 0.222 e. The van der Waals surface area contributed by atoms with Crippen molar-refractivity contribution < 1.29 is 19.4 Å². The first kappa shape index (κ1) is 22.6. The average Bonchev–Trinajstić information content (AvgIpc) is 3.21. The van der Waals surface area contributed by atoms with Crippen LogP contribution in [0.15, 0.2) is 54.6 Å². The number of nitrogens with zero attached hydrogens (tertiary/aromatic N) is 2. The molecule has 0 radical (unpaired) electrons. The molecule has 0 aliphatic carbocycles. The summed E-state index contributed by atoms with van der Waals surface area (Å²) in [5.41, 5.74) is 0.334. The lowest BCUT2D eigenvalue weighted by atomic mass is 9.93. The Hall–Kier alpha value is -2.57. The highest BCUT2D eigenvalue weighted by Crippen LogP contribution is 2.25. The zero-order valence-electron chi connectivity index (χ0n) is 18.7. The molecule has 6 heteroatoms. The molecule has 0 spiro atoms. The second-order valence-electron chi connectivity index (χ2n) is 8.97. The fourth-order valence-corrected chi connectivity index (χ4v) is 4.57. The molecule has 2 heterocycles. The predicted molar refractivity (Wildman–Crippen MR) is 124 cm³/mol. The standard InChI is InChI=1S/C26H34N2O4/c29-25-12-5-15-28(25)16-7-17-31-24-11-4-8-22(18-24)19-27-14-6-13-26(30,20-27)21-32-23-9-2-1-3-10-23/h1-4,8-11,18,30H,5-7,12-17,19-21H2/t26-/m1/s1. The van der Waals surface area contributed by atoms with Crippen molar-refractivity contribution in [3.05, 3.63) is 60.2 Å². The number of piperidine rings is 1. The van der Waals surface area contributed by atoms with Gasteiger partial charge in [0.15, 0.2) is 0 Å². The van der Waals surface area contributed by atoms with E-state index in [9.17, 15) is 9.90 Å². The van der Waals surface area contributed by atoms with Gasteiger partial charge in [0.25, 0.3) is 0 Å². The molecular weight excluding hydrogens is 404 g/mol. The summed E-state index contributed by atoms with van der Waals surface area (Å²) in [5, 5.41) is 11.1. The average molecular weight is 439 g/mol. The normalized spacial score (nSPS) is 21.7. The topological polar surface area (TPSA) is 62.2 Å². The summed E-state index contributed by atoms with van der Waals surface area (Å²) in [5.74, 6) is 1.91. The summed E-state index contributed by atoms with van der Waals surface area (Å²) in [4.78, 5) is 15.9. The Balaban J connectivity index is 1.23. The minimum atomic E-state index is -0.838. The number of benzene rings is 2. The molecule has 1 amide bonds. The molecule has 6 nitrogen and oxygen atoms in total. The second-order valence-corrected chi connectivity index (χ2v) is 8.97. The van der Waals surface area contributed by atoms with E-state index in [-0.39, 0.29) is 5.91 Å². The minimum absolute atomic E-state index is 0.266. The van der Waals surface area contributed by atoms with Crippen LogP contribution in [0.3, 0.4) is 0 Å². The van der Waals surface area contributed by atoms with Gasteiger partial charge in [-0.25, -0.2) is 0 Å². The van der Waals surface area contributed by atoms with Crippen LogP contribution in [0.1, 0.15) is 37.7 Å². The number of aliphatic hydroxyl groups is 1. The summed E-state index contributed by atoms with van der Waals surface area (Å²) >= 11 is 0. The third-order valence-corrected chi connectivity index (χ3v) is 6.20. The van der Waals surface area contributed by atoms with Gasteiger partial charge < -0.3 is 19.5 Å². The molecule has 2 fully saturated rings. The molecule has 1 atom stereocenters. The van der Waals surface area contributed by atoms with E-state index >= 15 is 0 Å². The van der Waals surface area contributed by atoms with E-state index in [0.29, 0.717) is 26.2 Å². The van der Waals surface area contributed by atoms with Crippen LogP contribution < -0.4 is 9.47 Å². The lowest BCUT2D eigenvalue weighted by molar-refractivity contribution is -0.127. The van der Waals surface area contributed by atoms with Crippen LogP contribution in [0.5, 0.6) is 11.5 Å². The maximum Gasteiger partial charge on any atom is 0.222 e. The lowest BCUT2D eigenvalue weighted by Crippen LogP contribution is -2.51. The number of hydrogen-bond acceptors (Lipinski definition) is 5. The van der Waals surface area contributed by atoms with Crippen LogP contribution in [0.4, 0.5) is 0 Å². The summed E-state index contributed by atoms with van der Waals surface area (Å²) < 4.78 is 11.8. The van der Waals surface area contributed by atoms with E-state index in [2.05, 4.69) is 17.0 Å². The fraction of sp³-hybridized carbons (Fsp3) is 0.500. The molecule has 0 unspecified atom stereocenters. The van der Waals surface area contributed by atoms with Gasteiger partial charge in [0.2, 0.25) is 5.91 Å². The molecule has 32 heavy (non-hydrogen) atoms. The van der Waals surface area contributed by atoms with Crippen LogP contribution >= 0.6 is 0 Å². The number of ether oxygens (including phenoxy) is 2. The first-order valence-electron chi connectivity index (χ1n) is 11.7. The van der Waals surface area contributed by atoms with E-state index in [1.807, 2.05) is 47.4 Å². The quantitative estimate of drug-likeness (QED) is 0.576. The largest absolute Gasteiger partial charge is 0.494 e. The number of carbonyl (C=O) groups excluding carboxylic acids is 1. The summed E-state index contributed by atoms with van der Waals surface area (Å²) in [6.07, 6.45) is 4.20. The lowest BCUT2D eigenvalue weighted by Gasteiger charge is -2.39. The molecule has 2 saturated heterocycles. The van der Waals surface area contributed by atoms with E-state index in [0.717, 1.165) is 63.4 Å². The van der Waals surface area contributed by atoms with Crippen molar-refractivity contribution in [1.29, 1.82) is 0 Å². The van der Waals surface area contributed by atoms with Gasteiger partial charge in [-0.05, 0) is 62.1 Å². The van der Waals surface area contributed by atoms with Crippen molar-refractivity contribution in [2.24, 2.45) is 0 Å². The van der Waals surface area contributed by atoms with Gasteiger partial charge in [-0.1, -0.05) is 30.3 Å². The Morgan fingerprint density at radius 3 is 2.62 bits per heavy atom. The molecule has 0 aromatic heterocycles. The van der Waals surface area contributed by atoms with E-state index in [4.69, 9.17) is 9.47 Å². The number of likely N-dealkylation sites (tertiary alicyclic amines) is 2. The van der Waals surface area contributed by atoms with Crippen LogP contribution in [-0.4, -0.2) is 65.8 Å². The van der Waals surface area contributed by atoms with E-state index < -0.39 is 5.60 Å². The predicted octanol–water partition coefficient (Wildman–Crippen LogP) is 3.48. The van der Waals surface area contributed by atoms with Crippen molar-refractivity contribution in [2.45, 2.75) is 44.2 Å². The Bertz CT molecular complexity index is 875. The molecule has 2 aliphatic rings. The van der Waals surface area contributed by atoms with Crippen LogP contribution in [0, 0.1) is 0 Å². The number of β-amino-alcohol motifs (C(OH)–C–C–N with tert-alkyl or cyclic N) is 1. The number of para-hydroxylation sites is 1. The third-order valence-electron chi connectivity index (χ3n) is 6.20. The van der Waals surface area contributed by atoms with Crippen molar-refractivity contribution in [1.82, 2.24) is 9.80 Å². The van der Waals surface area contributed by atoms with E-state index in [1.54, 1.807) is 0 Å². The summed E-state index contributed by atoms with van der Waals surface area (Å²) in [6.45, 7) is 4.89. The third kappa shape index (κ3) is 6.47. The second kappa shape index (κ2) is 10.8. The number of hydrogen-bond donors (Lipinski definition) is 1. The van der Waals surface area contributed by atoms with Gasteiger partial charge in [-0.15, -0.1) is 0 Å². The van der Waals surface area contributed by atoms with Gasteiger partial charge in [0.1, 0.15) is 23.7 Å². The van der Waals surface area contributed by atoms with Gasteiger partial charge in [0, 0.05) is 32.6 Å². The molecule has 2 aromatic carbocycles. The van der Waals surface area contributed by atoms with Crippen LogP contribution in [0.25, 0.3) is 0 Å². The summed E-state index contributed by atoms with van der Waals surface area (Å²) in [6, 6.07) is 17.8. The first-order chi connectivity index (χ1) is 15.6. The Kier molecular flexibility index (Phi) is 7.66. The van der Waals surface area contributed by atoms with Gasteiger partial charge >= 0.3 is 0 Å². The van der Waals surface area contributed by atoms with Crippen molar-refractivity contribution >= 4 is 5.91 Å². The van der Waals surface area contributed by atoms with Gasteiger partial charge in [0.05, 0.1) is 6.61 Å².